The lowest BCUT2D eigenvalue weighted by Gasteiger charge is -2.21. The summed E-state index contributed by atoms with van der Waals surface area (Å²) in [6.45, 7) is 2.67. The summed E-state index contributed by atoms with van der Waals surface area (Å²) in [7, 11) is 0. The summed E-state index contributed by atoms with van der Waals surface area (Å²) in [4.78, 5) is 18.4. The van der Waals surface area contributed by atoms with Crippen molar-refractivity contribution in [3.05, 3.63) is 29.6 Å². The van der Waals surface area contributed by atoms with Gasteiger partial charge in [-0.1, -0.05) is 18.8 Å². The molecule has 0 spiro atoms. The van der Waals surface area contributed by atoms with Gasteiger partial charge in [0.25, 0.3) is 5.91 Å². The molecule has 1 aliphatic rings. The van der Waals surface area contributed by atoms with E-state index in [-0.39, 0.29) is 12.5 Å². The molecule has 0 radical (unpaired) electrons. The van der Waals surface area contributed by atoms with Gasteiger partial charge in [-0.2, -0.15) is 0 Å². The van der Waals surface area contributed by atoms with E-state index < -0.39 is 0 Å². The molecule has 1 N–H and O–H groups in total. The van der Waals surface area contributed by atoms with Gasteiger partial charge in [-0.05, 0) is 25.3 Å². The van der Waals surface area contributed by atoms with Crippen LogP contribution in [0.25, 0.3) is 0 Å². The van der Waals surface area contributed by atoms with Crippen molar-refractivity contribution in [1.29, 1.82) is 0 Å². The second kappa shape index (κ2) is 6.35. The highest BCUT2D eigenvalue weighted by molar-refractivity contribution is 5.94. The number of carbonyl (C=O) groups is 1. The van der Waals surface area contributed by atoms with Crippen LogP contribution in [0.15, 0.2) is 18.5 Å². The quantitative estimate of drug-likeness (QED) is 0.831. The molecular weight excluding hydrogens is 240 g/mol. The van der Waals surface area contributed by atoms with Crippen molar-refractivity contribution in [3.8, 4) is 11.8 Å². The number of aliphatic hydroxyl groups is 1. The van der Waals surface area contributed by atoms with Crippen molar-refractivity contribution in [2.45, 2.75) is 32.2 Å². The molecule has 1 heterocycles. The maximum absolute atomic E-state index is 12.4. The number of nitrogens with zero attached hydrogens (tertiary/aromatic N) is 2. The number of amides is 1. The molecule has 100 valence electrons. The first-order chi connectivity index (χ1) is 9.26. The fraction of sp³-hybridized carbons (Fsp3) is 0.467. The normalized spacial score (nSPS) is 13.6. The van der Waals surface area contributed by atoms with Crippen molar-refractivity contribution in [2.75, 3.05) is 13.2 Å². The standard InChI is InChI=1S/C15H18N2O2/c1-2-7-17(14-5-6-14)15(19)13-9-12(4-3-8-18)10-16-11-13/h9-11,14,18H,2,5-8H2,1H3. The number of aromatic nitrogens is 1. The van der Waals surface area contributed by atoms with Gasteiger partial charge in [-0.15, -0.1) is 0 Å². The Balaban J connectivity index is 2.17. The summed E-state index contributed by atoms with van der Waals surface area (Å²) >= 11 is 0. The van der Waals surface area contributed by atoms with Crippen molar-refractivity contribution in [3.63, 3.8) is 0 Å². The lowest BCUT2D eigenvalue weighted by atomic mass is 10.2. The number of carbonyl (C=O) groups excluding carboxylic acids is 1. The predicted octanol–water partition coefficient (Wildman–Crippen LogP) is 1.44. The molecule has 1 amide bonds. The average molecular weight is 258 g/mol. The molecule has 1 aliphatic carbocycles. The Kier molecular flexibility index (Phi) is 4.53. The first-order valence-electron chi connectivity index (χ1n) is 6.62. The lowest BCUT2D eigenvalue weighted by Crippen LogP contribution is -2.33. The molecule has 0 aliphatic heterocycles. The lowest BCUT2D eigenvalue weighted by molar-refractivity contribution is 0.0742. The highest BCUT2D eigenvalue weighted by atomic mass is 16.2. The largest absolute Gasteiger partial charge is 0.384 e. The van der Waals surface area contributed by atoms with Crippen LogP contribution >= 0.6 is 0 Å². The first kappa shape index (κ1) is 13.6. The van der Waals surface area contributed by atoms with E-state index in [1.165, 1.54) is 0 Å². The minimum absolute atomic E-state index is 0.0319. The highest BCUT2D eigenvalue weighted by Crippen LogP contribution is 2.28. The van der Waals surface area contributed by atoms with E-state index in [1.54, 1.807) is 18.5 Å². The van der Waals surface area contributed by atoms with Crippen LogP contribution in [0.5, 0.6) is 0 Å². The van der Waals surface area contributed by atoms with Crippen LogP contribution in [-0.2, 0) is 0 Å². The third kappa shape index (κ3) is 3.55. The third-order valence-electron chi connectivity index (χ3n) is 3.01. The summed E-state index contributed by atoms with van der Waals surface area (Å²) in [5.74, 6) is 5.36. The molecule has 1 aromatic heterocycles. The summed E-state index contributed by atoms with van der Waals surface area (Å²) in [6.07, 6.45) is 6.34. The predicted molar refractivity (Wildman–Crippen MR) is 72.6 cm³/mol. The highest BCUT2D eigenvalue weighted by Gasteiger charge is 2.32. The number of hydrogen-bond acceptors (Lipinski definition) is 3. The summed E-state index contributed by atoms with van der Waals surface area (Å²) in [5.41, 5.74) is 1.23. The van der Waals surface area contributed by atoms with E-state index in [4.69, 9.17) is 5.11 Å². The van der Waals surface area contributed by atoms with Crippen LogP contribution in [0.2, 0.25) is 0 Å². The van der Waals surface area contributed by atoms with Gasteiger partial charge in [-0.25, -0.2) is 0 Å². The second-order valence-corrected chi connectivity index (χ2v) is 4.65. The fourth-order valence-electron chi connectivity index (χ4n) is 2.01. The minimum atomic E-state index is -0.192. The molecule has 1 aromatic rings. The number of pyridine rings is 1. The van der Waals surface area contributed by atoms with Crippen LogP contribution in [0, 0.1) is 11.8 Å². The van der Waals surface area contributed by atoms with Crippen LogP contribution in [0.3, 0.4) is 0 Å². The van der Waals surface area contributed by atoms with Crippen molar-refractivity contribution in [2.24, 2.45) is 0 Å². The smallest absolute Gasteiger partial charge is 0.255 e. The minimum Gasteiger partial charge on any atom is -0.384 e. The van der Waals surface area contributed by atoms with Gasteiger partial charge in [0.2, 0.25) is 0 Å². The van der Waals surface area contributed by atoms with Gasteiger partial charge < -0.3 is 10.0 Å². The third-order valence-corrected chi connectivity index (χ3v) is 3.01. The van der Waals surface area contributed by atoms with E-state index in [0.29, 0.717) is 17.2 Å². The Morgan fingerprint density at radius 3 is 2.95 bits per heavy atom. The Labute approximate surface area is 113 Å². The van der Waals surface area contributed by atoms with Gasteiger partial charge in [0.1, 0.15) is 6.61 Å². The van der Waals surface area contributed by atoms with Gasteiger partial charge in [0.15, 0.2) is 0 Å². The molecule has 0 unspecified atom stereocenters. The molecule has 1 fully saturated rings. The molecule has 4 nitrogen and oxygen atoms in total. The Bertz CT molecular complexity index is 512. The van der Waals surface area contributed by atoms with Crippen LogP contribution in [-0.4, -0.2) is 40.1 Å². The number of hydrogen-bond donors (Lipinski definition) is 1. The van der Waals surface area contributed by atoms with Crippen LogP contribution in [0.4, 0.5) is 0 Å². The molecule has 1 saturated carbocycles. The molecular formula is C15H18N2O2. The first-order valence-corrected chi connectivity index (χ1v) is 6.62. The van der Waals surface area contributed by atoms with E-state index >= 15 is 0 Å². The van der Waals surface area contributed by atoms with Crippen molar-refractivity contribution >= 4 is 5.91 Å². The van der Waals surface area contributed by atoms with Gasteiger partial charge in [0, 0.05) is 30.5 Å². The molecule has 0 atom stereocenters. The number of aliphatic hydroxyl groups excluding tert-OH is 1. The zero-order chi connectivity index (χ0) is 13.7. The maximum Gasteiger partial charge on any atom is 0.255 e. The Hall–Kier alpha value is -1.86. The molecule has 0 aromatic carbocycles. The number of rotatable bonds is 4. The fourth-order valence-corrected chi connectivity index (χ4v) is 2.01. The summed E-state index contributed by atoms with van der Waals surface area (Å²) < 4.78 is 0. The van der Waals surface area contributed by atoms with Crippen LogP contribution in [0.1, 0.15) is 42.1 Å². The van der Waals surface area contributed by atoms with E-state index in [2.05, 4.69) is 23.7 Å². The molecule has 4 heteroatoms. The monoisotopic (exact) mass is 258 g/mol. The van der Waals surface area contributed by atoms with Crippen LogP contribution < -0.4 is 0 Å². The average Bonchev–Trinajstić information content (AvgIpc) is 3.26. The van der Waals surface area contributed by atoms with Gasteiger partial charge in [-0.3, -0.25) is 9.78 Å². The van der Waals surface area contributed by atoms with Crippen molar-refractivity contribution < 1.29 is 9.90 Å². The SMILES string of the molecule is CCCN(C(=O)c1cncc(C#CCO)c1)C1CC1. The topological polar surface area (TPSA) is 53.4 Å². The van der Waals surface area contributed by atoms with Gasteiger partial charge >= 0.3 is 0 Å². The van der Waals surface area contributed by atoms with E-state index in [1.807, 2.05) is 4.90 Å². The zero-order valence-electron chi connectivity index (χ0n) is 11.1. The van der Waals surface area contributed by atoms with Crippen molar-refractivity contribution in [1.82, 2.24) is 9.88 Å². The second-order valence-electron chi connectivity index (χ2n) is 4.65. The van der Waals surface area contributed by atoms with E-state index in [0.717, 1.165) is 25.8 Å². The zero-order valence-corrected chi connectivity index (χ0v) is 11.1. The molecule has 0 saturated heterocycles. The molecule has 2 rings (SSSR count). The van der Waals surface area contributed by atoms with Gasteiger partial charge in [0.05, 0.1) is 5.56 Å². The molecule has 19 heavy (non-hydrogen) atoms. The Morgan fingerprint density at radius 2 is 2.32 bits per heavy atom. The molecule has 0 bridgehead atoms. The van der Waals surface area contributed by atoms with E-state index in [9.17, 15) is 4.79 Å². The maximum atomic E-state index is 12.4. The Morgan fingerprint density at radius 1 is 1.53 bits per heavy atom. The summed E-state index contributed by atoms with van der Waals surface area (Å²) in [5, 5.41) is 8.68. The summed E-state index contributed by atoms with van der Waals surface area (Å²) in [6, 6.07) is 2.14.